The van der Waals surface area contributed by atoms with Gasteiger partial charge in [0.1, 0.15) is 6.04 Å². The maximum Gasteiger partial charge on any atom is 0.416 e. The summed E-state index contributed by atoms with van der Waals surface area (Å²) in [6.07, 6.45) is -4.50. The van der Waals surface area contributed by atoms with Crippen LogP contribution in [0.4, 0.5) is 18.9 Å². The summed E-state index contributed by atoms with van der Waals surface area (Å²) in [6, 6.07) is 7.71. The Bertz CT molecular complexity index is 810. The smallest absolute Gasteiger partial charge is 0.318 e. The van der Waals surface area contributed by atoms with E-state index >= 15 is 0 Å². The lowest BCUT2D eigenvalue weighted by molar-refractivity contribution is -0.137. The van der Waals surface area contributed by atoms with E-state index in [9.17, 15) is 18.0 Å². The number of nitrogens with two attached hydrogens (primary N) is 1. The van der Waals surface area contributed by atoms with Crippen LogP contribution in [-0.2, 0) is 11.0 Å². The van der Waals surface area contributed by atoms with Crippen molar-refractivity contribution in [1.82, 2.24) is 0 Å². The Hall–Kier alpha value is -1.76. The minimum Gasteiger partial charge on any atom is -0.318 e. The van der Waals surface area contributed by atoms with Crippen molar-refractivity contribution in [1.29, 1.82) is 0 Å². The van der Waals surface area contributed by atoms with Gasteiger partial charge in [-0.2, -0.15) is 13.2 Å². The van der Waals surface area contributed by atoms with Crippen LogP contribution in [0.5, 0.6) is 0 Å². The lowest BCUT2D eigenvalue weighted by atomic mass is 9.88. The molecule has 3 nitrogen and oxygen atoms in total. The van der Waals surface area contributed by atoms with E-state index in [0.717, 1.165) is 12.1 Å². The van der Waals surface area contributed by atoms with E-state index in [2.05, 4.69) is 0 Å². The largest absolute Gasteiger partial charge is 0.416 e. The van der Waals surface area contributed by atoms with Gasteiger partial charge >= 0.3 is 6.18 Å². The highest BCUT2D eigenvalue weighted by atomic mass is 35.5. The van der Waals surface area contributed by atoms with Crippen LogP contribution < -0.4 is 10.6 Å². The van der Waals surface area contributed by atoms with Gasteiger partial charge in [-0.25, -0.2) is 0 Å². The first kappa shape index (κ1) is 17.1. The molecule has 2 N–H and O–H groups in total. The van der Waals surface area contributed by atoms with E-state index in [0.29, 0.717) is 15.6 Å². The monoisotopic (exact) mass is 374 g/mol. The summed E-state index contributed by atoms with van der Waals surface area (Å²) in [5, 5.41) is 0.709. The van der Waals surface area contributed by atoms with Gasteiger partial charge in [0, 0.05) is 15.7 Å². The number of hydrogen-bond acceptors (Lipinski definition) is 2. The third-order valence-electron chi connectivity index (χ3n) is 3.87. The highest BCUT2D eigenvalue weighted by molar-refractivity contribution is 6.35. The molecule has 0 unspecified atom stereocenters. The summed E-state index contributed by atoms with van der Waals surface area (Å²) < 4.78 is 38.7. The van der Waals surface area contributed by atoms with Crippen molar-refractivity contribution >= 4 is 34.8 Å². The minimum atomic E-state index is -4.50. The van der Waals surface area contributed by atoms with E-state index in [-0.39, 0.29) is 5.69 Å². The summed E-state index contributed by atoms with van der Waals surface area (Å²) in [5.74, 6) is -0.467. The topological polar surface area (TPSA) is 46.3 Å². The van der Waals surface area contributed by atoms with Crippen LogP contribution in [0.2, 0.25) is 10.0 Å². The minimum absolute atomic E-state index is 0.118. The van der Waals surface area contributed by atoms with Gasteiger partial charge in [-0.15, -0.1) is 0 Å². The van der Waals surface area contributed by atoms with Crippen LogP contribution in [0.3, 0.4) is 0 Å². The van der Waals surface area contributed by atoms with Gasteiger partial charge in [-0.1, -0.05) is 35.3 Å². The molecule has 1 aliphatic rings. The van der Waals surface area contributed by atoms with Gasteiger partial charge in [-0.3, -0.25) is 4.79 Å². The van der Waals surface area contributed by atoms with Crippen molar-refractivity contribution in [2.45, 2.75) is 18.3 Å². The number of rotatable bonds is 2. The molecule has 126 valence electrons. The fourth-order valence-electron chi connectivity index (χ4n) is 2.71. The first-order valence-electron chi connectivity index (χ1n) is 6.91. The zero-order chi connectivity index (χ0) is 17.6. The number of amides is 1. The van der Waals surface area contributed by atoms with E-state index in [4.69, 9.17) is 28.9 Å². The second kappa shape index (κ2) is 5.95. The van der Waals surface area contributed by atoms with E-state index in [1.54, 1.807) is 12.1 Å². The van der Waals surface area contributed by atoms with Crippen molar-refractivity contribution < 1.29 is 18.0 Å². The molecule has 2 atom stereocenters. The normalized spacial score (nSPS) is 20.9. The molecule has 0 saturated carbocycles. The molecule has 1 fully saturated rings. The molecule has 2 aromatic rings. The molecule has 3 rings (SSSR count). The quantitative estimate of drug-likeness (QED) is 0.790. The van der Waals surface area contributed by atoms with Gasteiger partial charge in [0.05, 0.1) is 11.6 Å². The number of anilines is 1. The Labute approximate surface area is 145 Å². The second-order valence-corrected chi connectivity index (χ2v) is 6.24. The Morgan fingerprint density at radius 2 is 1.79 bits per heavy atom. The molecule has 1 saturated heterocycles. The molecule has 0 radical (unpaired) electrons. The van der Waals surface area contributed by atoms with Gasteiger partial charge in [-0.05, 0) is 35.9 Å². The number of halogens is 5. The Morgan fingerprint density at radius 3 is 2.42 bits per heavy atom. The number of benzene rings is 2. The van der Waals surface area contributed by atoms with Crippen molar-refractivity contribution in [2.24, 2.45) is 5.73 Å². The fraction of sp³-hybridized carbons (Fsp3) is 0.188. The van der Waals surface area contributed by atoms with Crippen LogP contribution >= 0.6 is 23.2 Å². The third kappa shape index (κ3) is 2.85. The van der Waals surface area contributed by atoms with Crippen molar-refractivity contribution in [3.63, 3.8) is 0 Å². The van der Waals surface area contributed by atoms with E-state index in [1.807, 2.05) is 0 Å². The Balaban J connectivity index is 2.02. The molecular weight excluding hydrogens is 364 g/mol. The average Bonchev–Trinajstić information content (AvgIpc) is 2.52. The zero-order valence-electron chi connectivity index (χ0n) is 12.0. The number of carbonyl (C=O) groups excluding carboxylic acids is 1. The number of nitrogens with zero attached hydrogens (tertiary/aromatic N) is 1. The Morgan fingerprint density at radius 1 is 1.08 bits per heavy atom. The number of β-lactam (4-membered cyclic amide) rings is 1. The molecule has 1 heterocycles. The SMILES string of the molecule is N[C@@H]1C(=O)N(c2cccc(C(F)(F)F)c2)[C@H]1c1ccc(Cl)cc1Cl. The maximum atomic E-state index is 12.9. The predicted molar refractivity (Wildman–Crippen MR) is 86.1 cm³/mol. The molecule has 24 heavy (non-hydrogen) atoms. The highest BCUT2D eigenvalue weighted by Gasteiger charge is 2.47. The summed E-state index contributed by atoms with van der Waals surface area (Å²) in [7, 11) is 0. The van der Waals surface area contributed by atoms with Crippen molar-refractivity contribution in [3.8, 4) is 0 Å². The van der Waals surface area contributed by atoms with Crippen molar-refractivity contribution in [2.75, 3.05) is 4.90 Å². The summed E-state index contributed by atoms with van der Waals surface area (Å²) >= 11 is 12.0. The lowest BCUT2D eigenvalue weighted by Crippen LogP contribution is -2.63. The standard InChI is InChI=1S/C16H11Cl2F3N2O/c17-9-4-5-11(12(18)7-9)14-13(22)15(24)23(14)10-3-1-2-8(6-10)16(19,20)21/h1-7,13-14H,22H2/t13-,14-/m0/s1. The molecular formula is C16H11Cl2F3N2O. The fourth-order valence-corrected chi connectivity index (χ4v) is 3.23. The van der Waals surface area contributed by atoms with E-state index < -0.39 is 29.7 Å². The molecule has 0 aliphatic carbocycles. The zero-order valence-corrected chi connectivity index (χ0v) is 13.5. The van der Waals surface area contributed by atoms with Crippen LogP contribution in [0.25, 0.3) is 0 Å². The van der Waals surface area contributed by atoms with Gasteiger partial charge in [0.2, 0.25) is 5.91 Å². The molecule has 0 aromatic heterocycles. The molecule has 2 aromatic carbocycles. The van der Waals surface area contributed by atoms with Crippen LogP contribution in [-0.4, -0.2) is 11.9 Å². The summed E-state index contributed by atoms with van der Waals surface area (Å²) in [5.41, 5.74) is 5.66. The van der Waals surface area contributed by atoms with E-state index in [1.165, 1.54) is 23.1 Å². The first-order chi connectivity index (χ1) is 11.2. The number of carbonyl (C=O) groups is 1. The van der Waals surface area contributed by atoms with Gasteiger partial charge in [0.15, 0.2) is 0 Å². The predicted octanol–water partition coefficient (Wildman–Crippen LogP) is 4.43. The van der Waals surface area contributed by atoms with Crippen LogP contribution in [0, 0.1) is 0 Å². The number of alkyl halides is 3. The second-order valence-electron chi connectivity index (χ2n) is 5.39. The maximum absolute atomic E-state index is 12.9. The molecule has 1 amide bonds. The third-order valence-corrected chi connectivity index (χ3v) is 4.44. The van der Waals surface area contributed by atoms with Gasteiger partial charge in [0.25, 0.3) is 0 Å². The Kier molecular flexibility index (Phi) is 4.23. The lowest BCUT2D eigenvalue weighted by Gasteiger charge is -2.46. The highest BCUT2D eigenvalue weighted by Crippen LogP contribution is 2.42. The summed E-state index contributed by atoms with van der Waals surface area (Å²) in [6.45, 7) is 0. The van der Waals surface area contributed by atoms with Gasteiger partial charge < -0.3 is 10.6 Å². The molecule has 0 spiro atoms. The molecule has 1 aliphatic heterocycles. The van der Waals surface area contributed by atoms with Crippen LogP contribution in [0.1, 0.15) is 17.2 Å². The molecule has 8 heteroatoms. The average molecular weight is 375 g/mol. The van der Waals surface area contributed by atoms with Crippen molar-refractivity contribution in [3.05, 3.63) is 63.6 Å². The molecule has 0 bridgehead atoms. The first-order valence-corrected chi connectivity index (χ1v) is 7.66. The summed E-state index contributed by atoms with van der Waals surface area (Å²) in [4.78, 5) is 13.4. The number of hydrogen-bond donors (Lipinski definition) is 1. The van der Waals surface area contributed by atoms with Crippen LogP contribution in [0.15, 0.2) is 42.5 Å².